The number of carbonyl (C=O) groups is 2. The number of hydrogen-bond acceptors (Lipinski definition) is 2. The van der Waals surface area contributed by atoms with Crippen LogP contribution < -0.4 is 5.32 Å². The summed E-state index contributed by atoms with van der Waals surface area (Å²) in [5.41, 5.74) is 0.104. The van der Waals surface area contributed by atoms with Gasteiger partial charge in [-0.05, 0) is 18.3 Å². The van der Waals surface area contributed by atoms with Crippen molar-refractivity contribution in [2.24, 2.45) is 5.41 Å². The summed E-state index contributed by atoms with van der Waals surface area (Å²) in [6.45, 7) is 7.62. The summed E-state index contributed by atoms with van der Waals surface area (Å²) in [7, 11) is 1.70. The van der Waals surface area contributed by atoms with Crippen LogP contribution in [0.15, 0.2) is 0 Å². The number of amides is 2. The normalized spacial score (nSPS) is 11.2. The Labute approximate surface area is 122 Å². The molecule has 0 saturated heterocycles. The van der Waals surface area contributed by atoms with Crippen LogP contribution in [-0.4, -0.2) is 42.1 Å². The smallest absolute Gasteiger partial charge is 0.317 e. The van der Waals surface area contributed by atoms with Gasteiger partial charge in [0.2, 0.25) is 0 Å². The molecule has 0 aliphatic heterocycles. The van der Waals surface area contributed by atoms with Crippen LogP contribution in [-0.2, 0) is 4.79 Å². The van der Waals surface area contributed by atoms with E-state index in [0.29, 0.717) is 19.5 Å². The predicted octanol–water partition coefficient (Wildman–Crippen LogP) is 3.10. The summed E-state index contributed by atoms with van der Waals surface area (Å²) in [4.78, 5) is 23.8. The molecule has 0 aromatic carbocycles. The Balaban J connectivity index is 3.91. The Hall–Kier alpha value is -1.26. The fourth-order valence-electron chi connectivity index (χ4n) is 1.96. The summed E-state index contributed by atoms with van der Waals surface area (Å²) >= 11 is 0. The molecule has 0 aliphatic rings. The van der Waals surface area contributed by atoms with Crippen LogP contribution in [0.1, 0.15) is 59.3 Å². The third-order valence-electron chi connectivity index (χ3n) is 3.41. The molecule has 0 spiro atoms. The molecule has 0 unspecified atom stereocenters. The SMILES string of the molecule is CCCCCC(C)(C)CNC(=O)N(C)CCCC(=O)O. The Kier molecular flexibility index (Phi) is 9.01. The number of rotatable bonds is 10. The van der Waals surface area contributed by atoms with Crippen LogP contribution >= 0.6 is 0 Å². The van der Waals surface area contributed by atoms with Crippen LogP contribution in [0.5, 0.6) is 0 Å². The molecule has 0 aromatic heterocycles. The fourth-order valence-corrected chi connectivity index (χ4v) is 1.96. The first-order valence-electron chi connectivity index (χ1n) is 7.49. The first-order valence-corrected chi connectivity index (χ1v) is 7.49. The second kappa shape index (κ2) is 9.61. The number of carboxylic acids is 1. The van der Waals surface area contributed by atoms with Crippen LogP contribution in [0.25, 0.3) is 0 Å². The van der Waals surface area contributed by atoms with Crippen LogP contribution in [0.3, 0.4) is 0 Å². The van der Waals surface area contributed by atoms with Crippen molar-refractivity contribution in [3.05, 3.63) is 0 Å². The Bertz CT molecular complexity index is 303. The minimum atomic E-state index is -0.823. The summed E-state index contributed by atoms with van der Waals surface area (Å²) in [6, 6.07) is -0.126. The van der Waals surface area contributed by atoms with E-state index in [4.69, 9.17) is 5.11 Å². The number of unbranched alkanes of at least 4 members (excludes halogenated alkanes) is 2. The molecule has 0 saturated carbocycles. The van der Waals surface area contributed by atoms with E-state index >= 15 is 0 Å². The largest absolute Gasteiger partial charge is 0.481 e. The minimum absolute atomic E-state index is 0.0974. The molecular weight excluding hydrogens is 256 g/mol. The summed E-state index contributed by atoms with van der Waals surface area (Å²) < 4.78 is 0. The highest BCUT2D eigenvalue weighted by Gasteiger charge is 2.19. The standard InChI is InChI=1S/C15H30N2O3/c1-5-6-7-10-15(2,3)12-16-14(20)17(4)11-8-9-13(18)19/h5-12H2,1-4H3,(H,16,20)(H,18,19). The van der Waals surface area contributed by atoms with E-state index in [2.05, 4.69) is 26.1 Å². The molecule has 2 amide bonds. The van der Waals surface area contributed by atoms with E-state index in [1.807, 2.05) is 0 Å². The summed E-state index contributed by atoms with van der Waals surface area (Å²) in [6.07, 6.45) is 5.30. The topological polar surface area (TPSA) is 69.6 Å². The van der Waals surface area contributed by atoms with Crippen LogP contribution in [0.4, 0.5) is 4.79 Å². The molecule has 118 valence electrons. The van der Waals surface area contributed by atoms with Crippen molar-refractivity contribution in [3.8, 4) is 0 Å². The van der Waals surface area contributed by atoms with E-state index in [9.17, 15) is 9.59 Å². The lowest BCUT2D eigenvalue weighted by Gasteiger charge is -2.26. The van der Waals surface area contributed by atoms with Crippen LogP contribution in [0.2, 0.25) is 0 Å². The van der Waals surface area contributed by atoms with Gasteiger partial charge in [-0.2, -0.15) is 0 Å². The highest BCUT2D eigenvalue weighted by molar-refractivity contribution is 5.74. The number of carboxylic acid groups (broad SMARTS) is 1. The molecule has 0 aliphatic carbocycles. The second-order valence-corrected chi connectivity index (χ2v) is 6.20. The first kappa shape index (κ1) is 18.7. The van der Waals surface area contributed by atoms with Gasteiger partial charge in [0.15, 0.2) is 0 Å². The number of urea groups is 1. The molecule has 20 heavy (non-hydrogen) atoms. The third-order valence-corrected chi connectivity index (χ3v) is 3.41. The van der Waals surface area contributed by atoms with Crippen molar-refractivity contribution in [3.63, 3.8) is 0 Å². The number of nitrogens with zero attached hydrogens (tertiary/aromatic N) is 1. The number of carbonyl (C=O) groups excluding carboxylic acids is 1. The monoisotopic (exact) mass is 286 g/mol. The maximum atomic E-state index is 11.9. The number of aliphatic carboxylic acids is 1. The van der Waals surface area contributed by atoms with E-state index in [1.54, 1.807) is 11.9 Å². The molecule has 2 N–H and O–H groups in total. The Morgan fingerprint density at radius 1 is 1.20 bits per heavy atom. The zero-order valence-electron chi connectivity index (χ0n) is 13.4. The van der Waals surface area contributed by atoms with Gasteiger partial charge in [0, 0.05) is 26.6 Å². The highest BCUT2D eigenvalue weighted by Crippen LogP contribution is 2.22. The van der Waals surface area contributed by atoms with Crippen molar-refractivity contribution in [1.29, 1.82) is 0 Å². The molecule has 0 heterocycles. The van der Waals surface area contributed by atoms with E-state index in [-0.39, 0.29) is 17.9 Å². The van der Waals surface area contributed by atoms with Gasteiger partial charge < -0.3 is 15.3 Å². The van der Waals surface area contributed by atoms with Gasteiger partial charge in [-0.1, -0.05) is 40.0 Å². The molecule has 0 fully saturated rings. The zero-order valence-corrected chi connectivity index (χ0v) is 13.4. The zero-order chi connectivity index (χ0) is 15.6. The molecule has 0 bridgehead atoms. The van der Waals surface area contributed by atoms with Crippen molar-refractivity contribution in [2.45, 2.75) is 59.3 Å². The maximum absolute atomic E-state index is 11.9. The molecule has 5 heteroatoms. The Morgan fingerprint density at radius 2 is 1.85 bits per heavy atom. The quantitative estimate of drug-likeness (QED) is 0.606. The number of hydrogen-bond donors (Lipinski definition) is 2. The second-order valence-electron chi connectivity index (χ2n) is 6.20. The van der Waals surface area contributed by atoms with Crippen molar-refractivity contribution in [2.75, 3.05) is 20.1 Å². The first-order chi connectivity index (χ1) is 9.28. The van der Waals surface area contributed by atoms with Crippen molar-refractivity contribution in [1.82, 2.24) is 10.2 Å². The lowest BCUT2D eigenvalue weighted by atomic mass is 9.87. The van der Waals surface area contributed by atoms with Gasteiger partial charge in [0.1, 0.15) is 0 Å². The Morgan fingerprint density at radius 3 is 2.40 bits per heavy atom. The van der Waals surface area contributed by atoms with Crippen molar-refractivity contribution < 1.29 is 14.7 Å². The van der Waals surface area contributed by atoms with E-state index < -0.39 is 5.97 Å². The van der Waals surface area contributed by atoms with Gasteiger partial charge >= 0.3 is 12.0 Å². The lowest BCUT2D eigenvalue weighted by Crippen LogP contribution is -2.42. The van der Waals surface area contributed by atoms with E-state index in [0.717, 1.165) is 6.42 Å². The number of nitrogens with one attached hydrogen (secondary N) is 1. The summed E-state index contributed by atoms with van der Waals surface area (Å²) in [5, 5.41) is 11.5. The average Bonchev–Trinajstić information content (AvgIpc) is 2.35. The fraction of sp³-hybridized carbons (Fsp3) is 0.867. The molecular formula is C15H30N2O3. The molecule has 0 radical (unpaired) electrons. The van der Waals surface area contributed by atoms with E-state index in [1.165, 1.54) is 19.3 Å². The molecule has 5 nitrogen and oxygen atoms in total. The van der Waals surface area contributed by atoms with Gasteiger partial charge in [-0.15, -0.1) is 0 Å². The predicted molar refractivity (Wildman–Crippen MR) is 80.8 cm³/mol. The van der Waals surface area contributed by atoms with Gasteiger partial charge in [-0.25, -0.2) is 4.79 Å². The third kappa shape index (κ3) is 9.64. The minimum Gasteiger partial charge on any atom is -0.481 e. The highest BCUT2D eigenvalue weighted by atomic mass is 16.4. The average molecular weight is 286 g/mol. The van der Waals surface area contributed by atoms with Gasteiger partial charge in [0.25, 0.3) is 0 Å². The van der Waals surface area contributed by atoms with Gasteiger partial charge in [0.05, 0.1) is 0 Å². The maximum Gasteiger partial charge on any atom is 0.317 e. The molecule has 0 atom stereocenters. The lowest BCUT2D eigenvalue weighted by molar-refractivity contribution is -0.137. The summed E-state index contributed by atoms with van der Waals surface area (Å²) in [5.74, 6) is -0.823. The van der Waals surface area contributed by atoms with Gasteiger partial charge in [-0.3, -0.25) is 4.79 Å². The van der Waals surface area contributed by atoms with Crippen molar-refractivity contribution >= 4 is 12.0 Å². The van der Waals surface area contributed by atoms with Crippen LogP contribution in [0, 0.1) is 5.41 Å². The molecule has 0 rings (SSSR count). The molecule has 0 aromatic rings.